The molecular weight excluding hydrogens is 404 g/mol. The van der Waals surface area contributed by atoms with Gasteiger partial charge >= 0.3 is 0 Å². The van der Waals surface area contributed by atoms with Crippen molar-refractivity contribution in [1.29, 1.82) is 0 Å². The second-order valence-electron chi connectivity index (χ2n) is 6.37. The molecule has 1 aromatic heterocycles. The molecule has 0 bridgehead atoms. The fraction of sp³-hybridized carbons (Fsp3) is 0.250. The Kier molecular flexibility index (Phi) is 6.39. The van der Waals surface area contributed by atoms with E-state index in [1.807, 2.05) is 0 Å². The Hall–Kier alpha value is -3.67. The van der Waals surface area contributed by atoms with Gasteiger partial charge in [-0.2, -0.15) is 0 Å². The summed E-state index contributed by atoms with van der Waals surface area (Å²) in [6.45, 7) is 0. The highest BCUT2D eigenvalue weighted by molar-refractivity contribution is 5.74. The molecule has 0 fully saturated rings. The number of rotatable bonds is 8. The Labute approximate surface area is 179 Å². The van der Waals surface area contributed by atoms with E-state index in [1.54, 1.807) is 44.6 Å². The third-order valence-corrected chi connectivity index (χ3v) is 4.26. The smallest absolute Gasteiger partial charge is 0.271 e. The van der Waals surface area contributed by atoms with Crippen LogP contribution in [0.25, 0.3) is 22.6 Å². The average Bonchev–Trinajstić information content (AvgIpc) is 2.77. The van der Waals surface area contributed by atoms with Crippen LogP contribution in [-0.2, 0) is 0 Å². The summed E-state index contributed by atoms with van der Waals surface area (Å²) in [7, 11) is 6.05. The zero-order chi connectivity index (χ0) is 22.6. The minimum atomic E-state index is -1.96. The Morgan fingerprint density at radius 1 is 0.742 bits per heavy atom. The van der Waals surface area contributed by atoms with E-state index in [0.29, 0.717) is 39.9 Å². The van der Waals surface area contributed by atoms with E-state index in [0.717, 1.165) is 0 Å². The summed E-state index contributed by atoms with van der Waals surface area (Å²) in [5.41, 5.74) is 18.5. The van der Waals surface area contributed by atoms with Crippen LogP contribution in [0.1, 0.15) is 0 Å². The van der Waals surface area contributed by atoms with Gasteiger partial charge in [-0.05, 0) is 30.3 Å². The molecule has 0 atom stereocenters. The van der Waals surface area contributed by atoms with Crippen molar-refractivity contribution in [2.45, 2.75) is 5.97 Å². The van der Waals surface area contributed by atoms with Crippen molar-refractivity contribution in [2.24, 2.45) is 17.2 Å². The standard InChI is InChI=1S/C20H24N6O5/c1-27-14-7-5-11(9-16(14)29-3)19-24-10-13(25-26-19)12-6-8-15(28-2)18(30-4)17(12)31-20(21,22)23/h5-10H,21-23H2,1-4H3. The van der Waals surface area contributed by atoms with Crippen LogP contribution in [0.15, 0.2) is 36.5 Å². The van der Waals surface area contributed by atoms with Gasteiger partial charge in [-0.25, -0.2) is 4.98 Å². The molecule has 0 aliphatic heterocycles. The number of benzene rings is 2. The molecule has 0 saturated heterocycles. The quantitative estimate of drug-likeness (QED) is 0.440. The molecule has 0 amide bonds. The fourth-order valence-corrected chi connectivity index (χ4v) is 2.88. The van der Waals surface area contributed by atoms with Gasteiger partial charge in [-0.3, -0.25) is 17.2 Å². The average molecular weight is 428 g/mol. The Bertz CT molecular complexity index is 1050. The lowest BCUT2D eigenvalue weighted by Crippen LogP contribution is -2.62. The number of aromatic nitrogens is 3. The second kappa shape index (κ2) is 9.00. The first kappa shape index (κ1) is 22.0. The van der Waals surface area contributed by atoms with Crippen molar-refractivity contribution in [2.75, 3.05) is 28.4 Å². The monoisotopic (exact) mass is 428 g/mol. The molecule has 0 unspecified atom stereocenters. The van der Waals surface area contributed by atoms with Crippen LogP contribution in [-0.4, -0.2) is 49.6 Å². The van der Waals surface area contributed by atoms with Gasteiger partial charge in [-0.1, -0.05) is 0 Å². The van der Waals surface area contributed by atoms with Crippen LogP contribution < -0.4 is 40.9 Å². The molecule has 164 valence electrons. The zero-order valence-corrected chi connectivity index (χ0v) is 17.6. The van der Waals surface area contributed by atoms with E-state index < -0.39 is 5.97 Å². The maximum Gasteiger partial charge on any atom is 0.271 e. The number of ether oxygens (including phenoxy) is 5. The number of nitrogens with two attached hydrogens (primary N) is 3. The largest absolute Gasteiger partial charge is 0.493 e. The molecule has 11 heteroatoms. The van der Waals surface area contributed by atoms with Gasteiger partial charge in [-0.15, -0.1) is 10.2 Å². The maximum atomic E-state index is 5.64. The molecule has 0 aliphatic rings. The first-order valence-corrected chi connectivity index (χ1v) is 9.04. The number of nitrogens with zero attached hydrogens (tertiary/aromatic N) is 3. The maximum absolute atomic E-state index is 5.64. The molecule has 1 heterocycles. The van der Waals surface area contributed by atoms with Gasteiger partial charge in [0.15, 0.2) is 28.8 Å². The molecule has 0 aliphatic carbocycles. The predicted octanol–water partition coefficient (Wildman–Crippen LogP) is 1.11. The van der Waals surface area contributed by atoms with Crippen molar-refractivity contribution in [3.8, 4) is 51.4 Å². The summed E-state index contributed by atoms with van der Waals surface area (Å²) in [6, 6.07) is 8.68. The third kappa shape index (κ3) is 4.74. The van der Waals surface area contributed by atoms with Gasteiger partial charge in [0.2, 0.25) is 5.75 Å². The first-order valence-electron chi connectivity index (χ1n) is 9.04. The number of methoxy groups -OCH3 is 4. The Morgan fingerprint density at radius 3 is 1.97 bits per heavy atom. The predicted molar refractivity (Wildman–Crippen MR) is 113 cm³/mol. The van der Waals surface area contributed by atoms with E-state index in [4.69, 9.17) is 40.9 Å². The van der Waals surface area contributed by atoms with Gasteiger partial charge in [0.1, 0.15) is 5.69 Å². The van der Waals surface area contributed by atoms with Crippen LogP contribution in [0, 0.1) is 0 Å². The van der Waals surface area contributed by atoms with Gasteiger partial charge < -0.3 is 23.7 Å². The van der Waals surface area contributed by atoms with Crippen LogP contribution >= 0.6 is 0 Å². The molecule has 0 spiro atoms. The molecule has 3 rings (SSSR count). The van der Waals surface area contributed by atoms with Crippen molar-refractivity contribution in [3.63, 3.8) is 0 Å². The molecule has 2 aromatic carbocycles. The van der Waals surface area contributed by atoms with E-state index >= 15 is 0 Å². The van der Waals surface area contributed by atoms with Crippen LogP contribution in [0.5, 0.6) is 28.7 Å². The Balaban J connectivity index is 2.04. The number of hydrogen-bond acceptors (Lipinski definition) is 11. The summed E-state index contributed by atoms with van der Waals surface area (Å²) in [5, 5.41) is 8.47. The SMILES string of the molecule is COc1ccc(-c2ncc(-c3ccc(OC)c(OC)c3OC(N)(N)N)nn2)cc1OC. The Morgan fingerprint density at radius 2 is 1.42 bits per heavy atom. The zero-order valence-electron chi connectivity index (χ0n) is 17.6. The number of hydrogen-bond donors (Lipinski definition) is 3. The molecule has 3 aromatic rings. The normalized spacial score (nSPS) is 11.1. The molecule has 11 nitrogen and oxygen atoms in total. The van der Waals surface area contributed by atoms with Crippen LogP contribution in [0.3, 0.4) is 0 Å². The molecular formula is C20H24N6O5. The molecule has 6 N–H and O–H groups in total. The fourth-order valence-electron chi connectivity index (χ4n) is 2.88. The molecule has 0 radical (unpaired) electrons. The highest BCUT2D eigenvalue weighted by atomic mass is 16.6. The minimum Gasteiger partial charge on any atom is -0.493 e. The van der Waals surface area contributed by atoms with Gasteiger partial charge in [0.05, 0.1) is 40.2 Å². The summed E-state index contributed by atoms with van der Waals surface area (Å²) in [6.07, 6.45) is 1.53. The lowest BCUT2D eigenvalue weighted by Gasteiger charge is -2.24. The highest BCUT2D eigenvalue weighted by Crippen LogP contribution is 2.44. The van der Waals surface area contributed by atoms with Crippen LogP contribution in [0.4, 0.5) is 0 Å². The van der Waals surface area contributed by atoms with E-state index in [9.17, 15) is 0 Å². The van der Waals surface area contributed by atoms with Crippen LogP contribution in [0.2, 0.25) is 0 Å². The van der Waals surface area contributed by atoms with Gasteiger partial charge in [0, 0.05) is 5.56 Å². The topological polar surface area (TPSA) is 163 Å². The van der Waals surface area contributed by atoms with Crippen molar-refractivity contribution in [3.05, 3.63) is 36.5 Å². The minimum absolute atomic E-state index is 0.143. The highest BCUT2D eigenvalue weighted by Gasteiger charge is 2.25. The lowest BCUT2D eigenvalue weighted by molar-refractivity contribution is 0.0863. The molecule has 0 saturated carbocycles. The summed E-state index contributed by atoms with van der Waals surface area (Å²) in [4.78, 5) is 4.40. The van der Waals surface area contributed by atoms with E-state index in [-0.39, 0.29) is 11.5 Å². The summed E-state index contributed by atoms with van der Waals surface area (Å²) >= 11 is 0. The van der Waals surface area contributed by atoms with E-state index in [1.165, 1.54) is 20.4 Å². The lowest BCUT2D eigenvalue weighted by atomic mass is 10.1. The summed E-state index contributed by atoms with van der Waals surface area (Å²) < 4.78 is 26.8. The summed E-state index contributed by atoms with van der Waals surface area (Å²) in [5.74, 6) is 0.354. The first-order chi connectivity index (χ1) is 14.8. The second-order valence-corrected chi connectivity index (χ2v) is 6.37. The van der Waals surface area contributed by atoms with Crippen molar-refractivity contribution >= 4 is 0 Å². The van der Waals surface area contributed by atoms with Gasteiger partial charge in [0.25, 0.3) is 5.97 Å². The van der Waals surface area contributed by atoms with Crippen molar-refractivity contribution < 1.29 is 23.7 Å². The molecule has 31 heavy (non-hydrogen) atoms. The van der Waals surface area contributed by atoms with Crippen molar-refractivity contribution in [1.82, 2.24) is 15.2 Å². The third-order valence-electron chi connectivity index (χ3n) is 4.26. The van der Waals surface area contributed by atoms with E-state index in [2.05, 4.69) is 15.2 Å².